The Labute approximate surface area is 152 Å². The Bertz CT molecular complexity index is 833. The molecule has 4 nitrogen and oxygen atoms in total. The Hall–Kier alpha value is -1.80. The van der Waals surface area contributed by atoms with Gasteiger partial charge in [-0.15, -0.1) is 11.3 Å². The van der Waals surface area contributed by atoms with Crippen molar-refractivity contribution in [3.05, 3.63) is 67.8 Å². The molecule has 0 atom stereocenters. The van der Waals surface area contributed by atoms with Crippen LogP contribution < -0.4 is 5.32 Å². The lowest BCUT2D eigenvalue weighted by Crippen LogP contribution is -2.23. The van der Waals surface area contributed by atoms with E-state index in [1.165, 1.54) is 0 Å². The number of thiazole rings is 1. The molecule has 6 heteroatoms. The highest BCUT2D eigenvalue weighted by Crippen LogP contribution is 2.21. The van der Waals surface area contributed by atoms with E-state index >= 15 is 0 Å². The maximum Gasteiger partial charge on any atom is 0.252 e. The molecular weight excluding hydrogens is 421 g/mol. The number of aromatic nitrogens is 2. The summed E-state index contributed by atoms with van der Waals surface area (Å²) in [6, 6.07) is 9.59. The highest BCUT2D eigenvalue weighted by molar-refractivity contribution is 14.1. The number of pyridine rings is 1. The summed E-state index contributed by atoms with van der Waals surface area (Å²) in [6.07, 6.45) is 3.49. The summed E-state index contributed by atoms with van der Waals surface area (Å²) in [4.78, 5) is 20.9. The smallest absolute Gasteiger partial charge is 0.252 e. The van der Waals surface area contributed by atoms with Gasteiger partial charge in [-0.2, -0.15) is 0 Å². The van der Waals surface area contributed by atoms with Crippen molar-refractivity contribution < 1.29 is 4.79 Å². The molecule has 3 aromatic rings. The van der Waals surface area contributed by atoms with E-state index in [1.54, 1.807) is 23.7 Å². The van der Waals surface area contributed by atoms with E-state index < -0.39 is 0 Å². The lowest BCUT2D eigenvalue weighted by atomic mass is 10.1. The molecule has 0 fully saturated rings. The van der Waals surface area contributed by atoms with E-state index in [1.807, 2.05) is 42.6 Å². The Morgan fingerprint density at radius 2 is 2.04 bits per heavy atom. The zero-order valence-electron chi connectivity index (χ0n) is 12.4. The molecule has 1 N–H and O–H groups in total. The van der Waals surface area contributed by atoms with Gasteiger partial charge in [0, 0.05) is 26.9 Å². The maximum absolute atomic E-state index is 12.3. The minimum absolute atomic E-state index is 0.0706. The van der Waals surface area contributed by atoms with Crippen LogP contribution in [0.3, 0.4) is 0 Å². The van der Waals surface area contributed by atoms with Gasteiger partial charge in [0.15, 0.2) is 0 Å². The first-order valence-electron chi connectivity index (χ1n) is 7.03. The number of nitrogens with one attached hydrogen (secondary N) is 1. The van der Waals surface area contributed by atoms with E-state index in [0.29, 0.717) is 12.1 Å². The number of benzene rings is 1. The summed E-state index contributed by atoms with van der Waals surface area (Å²) in [7, 11) is 0. The Morgan fingerprint density at radius 1 is 1.26 bits per heavy atom. The highest BCUT2D eigenvalue weighted by atomic mass is 127. The highest BCUT2D eigenvalue weighted by Gasteiger charge is 2.12. The minimum Gasteiger partial charge on any atom is -0.345 e. The van der Waals surface area contributed by atoms with Crippen molar-refractivity contribution in [1.29, 1.82) is 0 Å². The topological polar surface area (TPSA) is 54.9 Å². The van der Waals surface area contributed by atoms with E-state index in [0.717, 1.165) is 25.4 Å². The second-order valence-corrected chi connectivity index (χ2v) is 7.00. The first-order chi connectivity index (χ1) is 11.1. The predicted molar refractivity (Wildman–Crippen MR) is 100 cm³/mol. The molecule has 0 bridgehead atoms. The van der Waals surface area contributed by atoms with E-state index in [9.17, 15) is 4.79 Å². The Kier molecular flexibility index (Phi) is 5.02. The lowest BCUT2D eigenvalue weighted by Gasteiger charge is -2.07. The van der Waals surface area contributed by atoms with Crippen molar-refractivity contribution >= 4 is 39.8 Å². The number of hydrogen-bond donors (Lipinski definition) is 1. The minimum atomic E-state index is -0.0706. The standard InChI is InChI=1S/C17H14IN3OS/c1-11-3-2-4-13(16(11)18)17(22)20-9-15-21-14(10-23-15)12-5-7-19-8-6-12/h2-8,10H,9H2,1H3,(H,20,22). The molecule has 116 valence electrons. The fraction of sp³-hybridized carbons (Fsp3) is 0.118. The van der Waals surface area contributed by atoms with Gasteiger partial charge in [-0.1, -0.05) is 12.1 Å². The van der Waals surface area contributed by atoms with Gasteiger partial charge >= 0.3 is 0 Å². The summed E-state index contributed by atoms with van der Waals surface area (Å²) < 4.78 is 0.985. The van der Waals surface area contributed by atoms with Crippen molar-refractivity contribution in [2.45, 2.75) is 13.5 Å². The van der Waals surface area contributed by atoms with Gasteiger partial charge in [-0.05, 0) is 53.3 Å². The van der Waals surface area contributed by atoms with Crippen LogP contribution >= 0.6 is 33.9 Å². The summed E-state index contributed by atoms with van der Waals surface area (Å²) in [5.41, 5.74) is 3.75. The van der Waals surface area contributed by atoms with Gasteiger partial charge in [0.2, 0.25) is 0 Å². The Balaban J connectivity index is 1.68. The van der Waals surface area contributed by atoms with Crippen LogP contribution in [0.15, 0.2) is 48.1 Å². The third kappa shape index (κ3) is 3.76. The molecule has 2 heterocycles. The van der Waals surface area contributed by atoms with Crippen molar-refractivity contribution in [1.82, 2.24) is 15.3 Å². The number of amides is 1. The van der Waals surface area contributed by atoms with Crippen LogP contribution in [0, 0.1) is 10.5 Å². The molecule has 2 aromatic heterocycles. The van der Waals surface area contributed by atoms with E-state index in [2.05, 4.69) is 37.9 Å². The number of aryl methyl sites for hydroxylation is 1. The van der Waals surface area contributed by atoms with Crippen molar-refractivity contribution in [3.63, 3.8) is 0 Å². The fourth-order valence-electron chi connectivity index (χ4n) is 2.12. The molecule has 1 aromatic carbocycles. The zero-order valence-corrected chi connectivity index (χ0v) is 15.4. The zero-order chi connectivity index (χ0) is 16.2. The van der Waals surface area contributed by atoms with Gasteiger partial charge in [0.05, 0.1) is 17.8 Å². The molecule has 0 spiro atoms. The molecule has 0 aliphatic carbocycles. The number of carbonyl (C=O) groups is 1. The predicted octanol–water partition coefficient (Wildman–Crippen LogP) is 4.05. The SMILES string of the molecule is Cc1cccc(C(=O)NCc2nc(-c3ccncc3)cs2)c1I. The second-order valence-electron chi connectivity index (χ2n) is 4.98. The van der Waals surface area contributed by atoms with Gasteiger partial charge in [-0.3, -0.25) is 9.78 Å². The van der Waals surface area contributed by atoms with Gasteiger partial charge in [0.25, 0.3) is 5.91 Å². The average molecular weight is 435 g/mol. The van der Waals surface area contributed by atoms with E-state index in [-0.39, 0.29) is 5.91 Å². The number of carbonyl (C=O) groups excluding carboxylic acids is 1. The molecule has 1 amide bonds. The molecule has 0 aliphatic rings. The van der Waals surface area contributed by atoms with Crippen LogP contribution in [-0.4, -0.2) is 15.9 Å². The van der Waals surface area contributed by atoms with Gasteiger partial charge in [-0.25, -0.2) is 4.98 Å². The van der Waals surface area contributed by atoms with Crippen LogP contribution in [0.4, 0.5) is 0 Å². The maximum atomic E-state index is 12.3. The van der Waals surface area contributed by atoms with Crippen LogP contribution in [-0.2, 0) is 6.54 Å². The van der Waals surface area contributed by atoms with Gasteiger partial charge < -0.3 is 5.32 Å². The normalized spacial score (nSPS) is 10.5. The number of nitrogens with zero attached hydrogens (tertiary/aromatic N) is 2. The summed E-state index contributed by atoms with van der Waals surface area (Å²) in [5, 5.41) is 5.82. The average Bonchev–Trinajstić information content (AvgIpc) is 3.05. The first kappa shape index (κ1) is 16.1. The third-order valence-corrected chi connectivity index (χ3v) is 5.65. The Morgan fingerprint density at radius 3 is 2.83 bits per heavy atom. The first-order valence-corrected chi connectivity index (χ1v) is 8.99. The molecule has 0 aliphatic heterocycles. The monoisotopic (exact) mass is 435 g/mol. The molecular formula is C17H14IN3OS. The molecule has 0 saturated heterocycles. The number of rotatable bonds is 4. The fourth-order valence-corrected chi connectivity index (χ4v) is 3.47. The molecule has 0 unspecified atom stereocenters. The van der Waals surface area contributed by atoms with Crippen LogP contribution in [0.5, 0.6) is 0 Å². The summed E-state index contributed by atoms with van der Waals surface area (Å²) in [6.45, 7) is 2.43. The molecule has 0 saturated carbocycles. The van der Waals surface area contributed by atoms with Crippen molar-refractivity contribution in [2.75, 3.05) is 0 Å². The number of halogens is 1. The van der Waals surface area contributed by atoms with Crippen molar-refractivity contribution in [3.8, 4) is 11.3 Å². The summed E-state index contributed by atoms with van der Waals surface area (Å²) >= 11 is 3.75. The van der Waals surface area contributed by atoms with Crippen LogP contribution in [0.1, 0.15) is 20.9 Å². The lowest BCUT2D eigenvalue weighted by molar-refractivity contribution is 0.0950. The molecule has 3 rings (SSSR count). The number of hydrogen-bond acceptors (Lipinski definition) is 4. The molecule has 23 heavy (non-hydrogen) atoms. The quantitative estimate of drug-likeness (QED) is 0.630. The molecule has 0 radical (unpaired) electrons. The van der Waals surface area contributed by atoms with Crippen molar-refractivity contribution in [2.24, 2.45) is 0 Å². The largest absolute Gasteiger partial charge is 0.345 e. The summed E-state index contributed by atoms with van der Waals surface area (Å²) in [5.74, 6) is -0.0706. The third-order valence-electron chi connectivity index (χ3n) is 3.36. The van der Waals surface area contributed by atoms with E-state index in [4.69, 9.17) is 0 Å². The van der Waals surface area contributed by atoms with Gasteiger partial charge in [0.1, 0.15) is 5.01 Å². The second kappa shape index (κ2) is 7.18. The van der Waals surface area contributed by atoms with Crippen LogP contribution in [0.25, 0.3) is 11.3 Å². The van der Waals surface area contributed by atoms with Crippen LogP contribution in [0.2, 0.25) is 0 Å².